The maximum atomic E-state index is 13.4. The number of nitrogens with one attached hydrogen (secondary N) is 2. The molecule has 2 N–H and O–H groups in total. The van der Waals surface area contributed by atoms with E-state index in [1.54, 1.807) is 11.8 Å². The van der Waals surface area contributed by atoms with Crippen LogP contribution >= 0.6 is 11.8 Å². The van der Waals surface area contributed by atoms with E-state index in [1.807, 2.05) is 75.4 Å². The molecule has 0 saturated carbocycles. The van der Waals surface area contributed by atoms with Crippen molar-refractivity contribution in [1.29, 1.82) is 5.26 Å². The fraction of sp³-hybridized carbons (Fsp3) is 0.250. The van der Waals surface area contributed by atoms with Gasteiger partial charge in [-0.2, -0.15) is 5.26 Å². The number of thioether (sulfide) groups is 1. The molecule has 0 unspecified atom stereocenters. The number of carbonyl (C=O) groups excluding carboxylic acids is 1. The minimum atomic E-state index is -0.517. The monoisotopic (exact) mass is 419 g/mol. The van der Waals surface area contributed by atoms with Crippen molar-refractivity contribution in [1.82, 2.24) is 5.32 Å². The molecule has 2 aromatic rings. The molecule has 2 aromatic carbocycles. The lowest BCUT2D eigenvalue weighted by Gasteiger charge is -2.30. The van der Waals surface area contributed by atoms with Crippen molar-refractivity contribution < 1.29 is 9.53 Å². The number of rotatable bonds is 7. The molecule has 0 fully saturated rings. The molecule has 0 bridgehead atoms. The van der Waals surface area contributed by atoms with Crippen molar-refractivity contribution in [2.24, 2.45) is 0 Å². The summed E-state index contributed by atoms with van der Waals surface area (Å²) in [5, 5.41) is 17.1. The van der Waals surface area contributed by atoms with Crippen LogP contribution in [0.2, 0.25) is 0 Å². The van der Waals surface area contributed by atoms with E-state index in [0.717, 1.165) is 22.0 Å². The van der Waals surface area contributed by atoms with Crippen LogP contribution in [-0.4, -0.2) is 18.3 Å². The number of carbonyl (C=O) groups is 1. The predicted octanol–water partition coefficient (Wildman–Crippen LogP) is 5.17. The Bertz CT molecular complexity index is 1020. The zero-order chi connectivity index (χ0) is 21.5. The summed E-state index contributed by atoms with van der Waals surface area (Å²) in [5.74, 6) is 0.734. The Labute approximate surface area is 181 Å². The first-order valence-electron chi connectivity index (χ1n) is 9.93. The van der Waals surface area contributed by atoms with Crippen LogP contribution in [-0.2, 0) is 4.79 Å². The fourth-order valence-corrected chi connectivity index (χ4v) is 4.34. The summed E-state index contributed by atoms with van der Waals surface area (Å²) in [4.78, 5) is 13.4. The summed E-state index contributed by atoms with van der Waals surface area (Å²) in [6.07, 6.45) is 0. The largest absolute Gasteiger partial charge is 0.494 e. The van der Waals surface area contributed by atoms with Gasteiger partial charge in [-0.15, -0.1) is 11.8 Å². The van der Waals surface area contributed by atoms with Gasteiger partial charge in [0.25, 0.3) is 5.91 Å². The lowest BCUT2D eigenvalue weighted by molar-refractivity contribution is -0.113. The average Bonchev–Trinajstić information content (AvgIpc) is 2.75. The molecule has 6 heteroatoms. The molecule has 1 aliphatic heterocycles. The zero-order valence-electron chi connectivity index (χ0n) is 17.4. The highest BCUT2D eigenvalue weighted by atomic mass is 32.2. The number of nitriles is 1. The van der Waals surface area contributed by atoms with Crippen LogP contribution in [0.15, 0.2) is 76.5 Å². The first-order valence-corrected chi connectivity index (χ1v) is 10.9. The summed E-state index contributed by atoms with van der Waals surface area (Å²) in [7, 11) is 0. The van der Waals surface area contributed by atoms with Gasteiger partial charge in [0.2, 0.25) is 0 Å². The Morgan fingerprint density at radius 1 is 1.17 bits per heavy atom. The number of anilines is 1. The summed E-state index contributed by atoms with van der Waals surface area (Å²) < 4.78 is 5.85. The number of hydrogen-bond donors (Lipinski definition) is 2. The predicted molar refractivity (Wildman–Crippen MR) is 122 cm³/mol. The van der Waals surface area contributed by atoms with Gasteiger partial charge in [-0.05, 0) is 37.8 Å². The second-order valence-corrected chi connectivity index (χ2v) is 7.95. The molecule has 3 rings (SSSR count). The van der Waals surface area contributed by atoms with Crippen LogP contribution in [0.1, 0.15) is 32.3 Å². The van der Waals surface area contributed by atoms with Gasteiger partial charge in [-0.3, -0.25) is 4.79 Å². The van der Waals surface area contributed by atoms with Gasteiger partial charge in [-0.25, -0.2) is 0 Å². The molecule has 0 aliphatic carbocycles. The third-order valence-corrected chi connectivity index (χ3v) is 5.64. The maximum Gasteiger partial charge on any atom is 0.254 e. The Morgan fingerprint density at radius 3 is 2.53 bits per heavy atom. The fourth-order valence-electron chi connectivity index (χ4n) is 3.51. The van der Waals surface area contributed by atoms with Crippen LogP contribution < -0.4 is 15.4 Å². The van der Waals surface area contributed by atoms with Gasteiger partial charge in [0.05, 0.1) is 29.2 Å². The summed E-state index contributed by atoms with van der Waals surface area (Å²) in [5.41, 5.74) is 3.29. The summed E-state index contributed by atoms with van der Waals surface area (Å²) in [6, 6.07) is 19.3. The molecule has 1 heterocycles. The minimum Gasteiger partial charge on any atom is -0.494 e. The number of para-hydroxylation sites is 2. The molecule has 0 radical (unpaired) electrons. The van der Waals surface area contributed by atoms with Gasteiger partial charge in [-0.1, -0.05) is 43.3 Å². The van der Waals surface area contributed by atoms with E-state index in [1.165, 1.54) is 0 Å². The SMILES string of the molecule is CCOc1ccccc1[C@@H]1C(C#N)=C(SCC)NC(C)=C1C(=O)Nc1ccccc1. The van der Waals surface area contributed by atoms with Crippen LogP contribution in [0, 0.1) is 11.3 Å². The van der Waals surface area contributed by atoms with E-state index in [0.29, 0.717) is 29.2 Å². The standard InChI is InChI=1S/C24H25N3O2S/c1-4-29-20-14-10-9-13-18(20)22-19(15-25)24(30-5-2)26-16(3)21(22)23(28)27-17-11-7-6-8-12-17/h6-14,22,26H,4-5H2,1-3H3,(H,27,28)/t22-/m1/s1. The van der Waals surface area contributed by atoms with Crippen molar-refractivity contribution in [3.8, 4) is 11.8 Å². The lowest BCUT2D eigenvalue weighted by atomic mass is 9.81. The average molecular weight is 420 g/mol. The number of allylic oxidation sites excluding steroid dienone is 2. The van der Waals surface area contributed by atoms with E-state index >= 15 is 0 Å². The first-order chi connectivity index (χ1) is 14.6. The third kappa shape index (κ3) is 4.52. The topological polar surface area (TPSA) is 74.1 Å². The molecule has 0 aromatic heterocycles. The Balaban J connectivity index is 2.13. The number of dihydropyridines is 1. The third-order valence-electron chi connectivity index (χ3n) is 4.74. The Morgan fingerprint density at radius 2 is 1.87 bits per heavy atom. The molecule has 5 nitrogen and oxygen atoms in total. The Kier molecular flexibility index (Phi) is 7.21. The minimum absolute atomic E-state index is 0.240. The van der Waals surface area contributed by atoms with E-state index in [-0.39, 0.29) is 5.91 Å². The van der Waals surface area contributed by atoms with E-state index in [9.17, 15) is 10.1 Å². The normalized spacial score (nSPS) is 16.0. The lowest BCUT2D eigenvalue weighted by Crippen LogP contribution is -2.31. The maximum absolute atomic E-state index is 13.4. The summed E-state index contributed by atoms with van der Waals surface area (Å²) >= 11 is 1.56. The molecular formula is C24H25N3O2S. The van der Waals surface area contributed by atoms with Crippen molar-refractivity contribution in [3.63, 3.8) is 0 Å². The van der Waals surface area contributed by atoms with Crippen molar-refractivity contribution in [2.75, 3.05) is 17.7 Å². The molecular weight excluding hydrogens is 394 g/mol. The number of hydrogen-bond acceptors (Lipinski definition) is 5. The molecule has 30 heavy (non-hydrogen) atoms. The van der Waals surface area contributed by atoms with Gasteiger partial charge in [0.15, 0.2) is 0 Å². The molecule has 1 atom stereocenters. The molecule has 1 amide bonds. The van der Waals surface area contributed by atoms with E-state index < -0.39 is 5.92 Å². The number of amides is 1. The number of ether oxygens (including phenoxy) is 1. The van der Waals surface area contributed by atoms with Crippen LogP contribution in [0.4, 0.5) is 5.69 Å². The van der Waals surface area contributed by atoms with Crippen molar-refractivity contribution >= 4 is 23.4 Å². The van der Waals surface area contributed by atoms with Crippen molar-refractivity contribution in [2.45, 2.75) is 26.7 Å². The van der Waals surface area contributed by atoms with Crippen molar-refractivity contribution in [3.05, 3.63) is 82.0 Å². The highest BCUT2D eigenvalue weighted by Gasteiger charge is 2.36. The van der Waals surface area contributed by atoms with E-state index in [2.05, 4.69) is 16.7 Å². The van der Waals surface area contributed by atoms with Gasteiger partial charge in [0.1, 0.15) is 5.75 Å². The quantitative estimate of drug-likeness (QED) is 0.647. The molecule has 1 aliphatic rings. The van der Waals surface area contributed by atoms with Crippen LogP contribution in [0.25, 0.3) is 0 Å². The molecule has 0 spiro atoms. The number of benzene rings is 2. The second-order valence-electron chi connectivity index (χ2n) is 6.68. The highest BCUT2D eigenvalue weighted by molar-refractivity contribution is 8.03. The van der Waals surface area contributed by atoms with Gasteiger partial charge in [0, 0.05) is 22.5 Å². The second kappa shape index (κ2) is 10.0. The smallest absolute Gasteiger partial charge is 0.254 e. The van der Waals surface area contributed by atoms with Crippen LogP contribution in [0.3, 0.4) is 0 Å². The number of nitrogens with zero attached hydrogens (tertiary/aromatic N) is 1. The van der Waals surface area contributed by atoms with E-state index in [4.69, 9.17) is 4.74 Å². The Hall–Kier alpha value is -3.17. The first kappa shape index (κ1) is 21.5. The summed E-state index contributed by atoms with van der Waals surface area (Å²) in [6.45, 7) is 6.33. The molecule has 0 saturated heterocycles. The highest BCUT2D eigenvalue weighted by Crippen LogP contribution is 2.43. The van der Waals surface area contributed by atoms with Gasteiger partial charge < -0.3 is 15.4 Å². The van der Waals surface area contributed by atoms with Gasteiger partial charge >= 0.3 is 0 Å². The zero-order valence-corrected chi connectivity index (χ0v) is 18.2. The van der Waals surface area contributed by atoms with Crippen LogP contribution in [0.5, 0.6) is 5.75 Å². The molecule has 154 valence electrons.